The van der Waals surface area contributed by atoms with Gasteiger partial charge < -0.3 is 15.2 Å². The van der Waals surface area contributed by atoms with Crippen LogP contribution in [0.1, 0.15) is 39.2 Å². The molecule has 0 aromatic heterocycles. The molecule has 0 aliphatic carbocycles. The van der Waals surface area contributed by atoms with Crippen molar-refractivity contribution in [1.82, 2.24) is 5.32 Å². The summed E-state index contributed by atoms with van der Waals surface area (Å²) < 4.78 is 5.09. The predicted octanol–water partition coefficient (Wildman–Crippen LogP) is 3.07. The third-order valence-electron chi connectivity index (χ3n) is 2.89. The number of rotatable bonds is 6. The highest BCUT2D eigenvalue weighted by atomic mass is 16.5. The van der Waals surface area contributed by atoms with E-state index in [-0.39, 0.29) is 11.3 Å². The van der Waals surface area contributed by atoms with Crippen LogP contribution >= 0.6 is 0 Å². The minimum atomic E-state index is 0.139. The lowest BCUT2D eigenvalue weighted by molar-refractivity contribution is 0.354. The number of hydrogen-bond acceptors (Lipinski definition) is 3. The van der Waals surface area contributed by atoms with Gasteiger partial charge in [-0.2, -0.15) is 0 Å². The van der Waals surface area contributed by atoms with Crippen molar-refractivity contribution in [1.29, 1.82) is 0 Å². The molecule has 1 aromatic rings. The van der Waals surface area contributed by atoms with Crippen LogP contribution in [0.3, 0.4) is 0 Å². The number of ether oxygens (including phenoxy) is 1. The van der Waals surface area contributed by atoms with Crippen LogP contribution in [-0.2, 0) is 6.54 Å². The van der Waals surface area contributed by atoms with E-state index in [1.165, 1.54) is 6.42 Å². The van der Waals surface area contributed by atoms with Crippen LogP contribution < -0.4 is 10.1 Å². The van der Waals surface area contributed by atoms with Crippen LogP contribution in [0.25, 0.3) is 0 Å². The Balaban J connectivity index is 2.63. The van der Waals surface area contributed by atoms with Crippen molar-refractivity contribution >= 4 is 0 Å². The molecule has 0 saturated heterocycles. The van der Waals surface area contributed by atoms with Gasteiger partial charge >= 0.3 is 0 Å². The predicted molar refractivity (Wildman–Crippen MR) is 70.5 cm³/mol. The van der Waals surface area contributed by atoms with E-state index in [1.54, 1.807) is 13.2 Å². The Hall–Kier alpha value is -1.22. The molecule has 0 bridgehead atoms. The molecule has 1 rings (SSSR count). The third kappa shape index (κ3) is 4.27. The molecule has 1 aromatic carbocycles. The number of benzene rings is 1. The van der Waals surface area contributed by atoms with Crippen molar-refractivity contribution < 1.29 is 9.84 Å². The minimum Gasteiger partial charge on any atom is -0.504 e. The summed E-state index contributed by atoms with van der Waals surface area (Å²) in [5, 5.41) is 13.0. The largest absolute Gasteiger partial charge is 0.504 e. The highest BCUT2D eigenvalue weighted by molar-refractivity contribution is 5.41. The molecule has 96 valence electrons. The van der Waals surface area contributed by atoms with Crippen molar-refractivity contribution in [2.75, 3.05) is 7.11 Å². The van der Waals surface area contributed by atoms with Crippen molar-refractivity contribution in [2.45, 2.75) is 45.7 Å². The molecule has 0 saturated carbocycles. The molecule has 0 radical (unpaired) electrons. The van der Waals surface area contributed by atoms with E-state index in [0.717, 1.165) is 18.5 Å². The van der Waals surface area contributed by atoms with Gasteiger partial charge in [0.05, 0.1) is 7.11 Å². The van der Waals surface area contributed by atoms with Crippen LogP contribution in [-0.4, -0.2) is 17.8 Å². The number of aromatic hydroxyl groups is 1. The van der Waals surface area contributed by atoms with Crippen molar-refractivity contribution in [2.24, 2.45) is 0 Å². The first-order chi connectivity index (χ1) is 7.98. The molecule has 0 aliphatic heterocycles. The van der Waals surface area contributed by atoms with Gasteiger partial charge in [-0.15, -0.1) is 0 Å². The topological polar surface area (TPSA) is 41.5 Å². The molecular weight excluding hydrogens is 214 g/mol. The zero-order chi connectivity index (χ0) is 12.9. The third-order valence-corrected chi connectivity index (χ3v) is 2.89. The second kappa shape index (κ2) is 5.92. The fraction of sp³-hybridized carbons (Fsp3) is 0.571. The molecular formula is C14H23NO2. The average molecular weight is 237 g/mol. The summed E-state index contributed by atoms with van der Waals surface area (Å²) in [6.45, 7) is 7.37. The van der Waals surface area contributed by atoms with E-state index < -0.39 is 0 Å². The van der Waals surface area contributed by atoms with Gasteiger partial charge in [-0.1, -0.05) is 19.4 Å². The Kier molecular flexibility index (Phi) is 4.82. The summed E-state index contributed by atoms with van der Waals surface area (Å²) in [7, 11) is 1.56. The maximum Gasteiger partial charge on any atom is 0.160 e. The molecule has 3 heteroatoms. The normalized spacial score (nSPS) is 11.5. The molecule has 0 unspecified atom stereocenters. The van der Waals surface area contributed by atoms with Crippen LogP contribution in [0.5, 0.6) is 11.5 Å². The number of methoxy groups -OCH3 is 1. The quantitative estimate of drug-likeness (QED) is 0.799. The first kappa shape index (κ1) is 13.8. The number of hydrogen-bond donors (Lipinski definition) is 2. The zero-order valence-electron chi connectivity index (χ0n) is 11.2. The summed E-state index contributed by atoms with van der Waals surface area (Å²) in [6, 6.07) is 5.44. The second-order valence-electron chi connectivity index (χ2n) is 4.99. The molecule has 0 heterocycles. The van der Waals surface area contributed by atoms with Gasteiger partial charge in [-0.05, 0) is 38.0 Å². The molecule has 2 N–H and O–H groups in total. The summed E-state index contributed by atoms with van der Waals surface area (Å²) in [4.78, 5) is 0. The van der Waals surface area contributed by atoms with E-state index in [9.17, 15) is 5.11 Å². The van der Waals surface area contributed by atoms with Gasteiger partial charge in [-0.3, -0.25) is 0 Å². The fourth-order valence-corrected chi connectivity index (χ4v) is 1.89. The van der Waals surface area contributed by atoms with E-state index >= 15 is 0 Å². The molecule has 0 atom stereocenters. The molecule has 0 amide bonds. The lowest BCUT2D eigenvalue weighted by Crippen LogP contribution is -2.38. The summed E-state index contributed by atoms with van der Waals surface area (Å²) in [5.41, 5.74) is 1.25. The first-order valence-corrected chi connectivity index (χ1v) is 6.09. The van der Waals surface area contributed by atoms with E-state index in [1.807, 2.05) is 12.1 Å². The lowest BCUT2D eigenvalue weighted by Gasteiger charge is -2.26. The monoisotopic (exact) mass is 237 g/mol. The summed E-state index contributed by atoms with van der Waals surface area (Å²) in [5.74, 6) is 0.710. The Morgan fingerprint density at radius 2 is 2.06 bits per heavy atom. The van der Waals surface area contributed by atoms with Crippen molar-refractivity contribution in [3.8, 4) is 11.5 Å². The van der Waals surface area contributed by atoms with E-state index in [2.05, 4.69) is 26.1 Å². The zero-order valence-corrected chi connectivity index (χ0v) is 11.2. The average Bonchev–Trinajstić information content (AvgIpc) is 2.28. The molecule has 17 heavy (non-hydrogen) atoms. The van der Waals surface area contributed by atoms with Gasteiger partial charge in [0.15, 0.2) is 11.5 Å². The van der Waals surface area contributed by atoms with Crippen LogP contribution in [0.2, 0.25) is 0 Å². The van der Waals surface area contributed by atoms with Crippen LogP contribution in [0.4, 0.5) is 0 Å². The smallest absolute Gasteiger partial charge is 0.160 e. The van der Waals surface area contributed by atoms with Crippen LogP contribution in [0.15, 0.2) is 18.2 Å². The molecule has 0 aliphatic rings. The first-order valence-electron chi connectivity index (χ1n) is 6.09. The van der Waals surface area contributed by atoms with Gasteiger partial charge in [-0.25, -0.2) is 0 Å². The molecule has 3 nitrogen and oxygen atoms in total. The maximum atomic E-state index is 9.50. The van der Waals surface area contributed by atoms with Gasteiger partial charge in [0.2, 0.25) is 0 Å². The Labute approximate surface area is 104 Å². The van der Waals surface area contributed by atoms with Crippen molar-refractivity contribution in [3.63, 3.8) is 0 Å². The van der Waals surface area contributed by atoms with Crippen molar-refractivity contribution in [3.05, 3.63) is 23.8 Å². The number of phenols is 1. The minimum absolute atomic E-state index is 0.139. The van der Waals surface area contributed by atoms with E-state index in [4.69, 9.17) is 4.74 Å². The van der Waals surface area contributed by atoms with Gasteiger partial charge in [0.1, 0.15) is 0 Å². The van der Waals surface area contributed by atoms with Gasteiger partial charge in [0, 0.05) is 12.1 Å². The standard InChI is InChI=1S/C14H23NO2/c1-5-8-14(2,3)15-10-11-6-7-12(16)13(9-11)17-4/h6-7,9,15-16H,5,8,10H2,1-4H3. The second-order valence-corrected chi connectivity index (χ2v) is 4.99. The van der Waals surface area contributed by atoms with Gasteiger partial charge in [0.25, 0.3) is 0 Å². The SMILES string of the molecule is CCCC(C)(C)NCc1ccc(O)c(OC)c1. The Morgan fingerprint density at radius 1 is 1.35 bits per heavy atom. The lowest BCUT2D eigenvalue weighted by atomic mass is 9.98. The summed E-state index contributed by atoms with van der Waals surface area (Å²) >= 11 is 0. The summed E-state index contributed by atoms with van der Waals surface area (Å²) in [6.07, 6.45) is 2.31. The number of phenolic OH excluding ortho intramolecular Hbond substituents is 1. The number of nitrogens with one attached hydrogen (secondary N) is 1. The highest BCUT2D eigenvalue weighted by Gasteiger charge is 2.15. The highest BCUT2D eigenvalue weighted by Crippen LogP contribution is 2.26. The maximum absolute atomic E-state index is 9.50. The molecule has 0 spiro atoms. The van der Waals surface area contributed by atoms with Crippen LogP contribution in [0, 0.1) is 0 Å². The van der Waals surface area contributed by atoms with E-state index in [0.29, 0.717) is 5.75 Å². The molecule has 0 fully saturated rings. The fourth-order valence-electron chi connectivity index (χ4n) is 1.89. The Morgan fingerprint density at radius 3 is 2.65 bits per heavy atom. The Bertz CT molecular complexity index is 361.